The topological polar surface area (TPSA) is 50.1 Å². The van der Waals surface area contributed by atoms with Crippen LogP contribution in [0.5, 0.6) is 0 Å². The number of carbonyl (C=O) groups is 1. The van der Waals surface area contributed by atoms with Crippen molar-refractivity contribution in [3.63, 3.8) is 0 Å². The second kappa shape index (κ2) is 4.06. The predicted octanol–water partition coefficient (Wildman–Crippen LogP) is 2.78. The normalized spacial score (nSPS) is 24.6. The molecule has 1 aliphatic rings. The maximum absolute atomic E-state index is 10.9. The third-order valence-electron chi connectivity index (χ3n) is 3.34. The van der Waals surface area contributed by atoms with Crippen molar-refractivity contribution in [3.05, 3.63) is 11.3 Å². The molecule has 0 unspecified atom stereocenters. The minimum Gasteiger partial charge on any atom is -0.431 e. The summed E-state index contributed by atoms with van der Waals surface area (Å²) in [4.78, 5) is 10.9. The van der Waals surface area contributed by atoms with E-state index in [4.69, 9.17) is 10.00 Å². The van der Waals surface area contributed by atoms with E-state index in [1.165, 1.54) is 6.92 Å². The van der Waals surface area contributed by atoms with Crippen LogP contribution in [0.2, 0.25) is 0 Å². The van der Waals surface area contributed by atoms with Crippen molar-refractivity contribution in [3.8, 4) is 6.07 Å². The Morgan fingerprint density at radius 3 is 2.67 bits per heavy atom. The first kappa shape index (κ1) is 11.8. The van der Waals surface area contributed by atoms with E-state index in [2.05, 4.69) is 6.07 Å². The van der Waals surface area contributed by atoms with Gasteiger partial charge in [0.25, 0.3) is 0 Å². The molecule has 0 spiro atoms. The van der Waals surface area contributed by atoms with Gasteiger partial charge in [-0.2, -0.15) is 5.26 Å². The monoisotopic (exact) mass is 207 g/mol. The molecule has 0 aromatic rings. The Labute approximate surface area is 90.7 Å². The quantitative estimate of drug-likeness (QED) is 0.621. The fourth-order valence-corrected chi connectivity index (χ4v) is 1.97. The molecule has 0 aromatic heterocycles. The average Bonchev–Trinajstić information content (AvgIpc) is 2.13. The number of hydrogen-bond donors (Lipinski definition) is 0. The Morgan fingerprint density at radius 2 is 2.20 bits per heavy atom. The second-order valence-electron chi connectivity index (χ2n) is 4.58. The molecule has 0 saturated carbocycles. The van der Waals surface area contributed by atoms with Gasteiger partial charge in [-0.25, -0.2) is 0 Å². The lowest BCUT2D eigenvalue weighted by Crippen LogP contribution is -2.30. The van der Waals surface area contributed by atoms with Gasteiger partial charge < -0.3 is 4.74 Å². The summed E-state index contributed by atoms with van der Waals surface area (Å²) in [6.07, 6.45) is 1.45. The molecule has 0 N–H and O–H groups in total. The Kier molecular flexibility index (Phi) is 3.18. The third kappa shape index (κ3) is 2.20. The highest BCUT2D eigenvalue weighted by Crippen LogP contribution is 2.44. The molecule has 3 heteroatoms. The van der Waals surface area contributed by atoms with Gasteiger partial charge >= 0.3 is 5.97 Å². The van der Waals surface area contributed by atoms with Gasteiger partial charge in [0.2, 0.25) is 0 Å². The molecular formula is C12H17NO2. The van der Waals surface area contributed by atoms with E-state index in [1.807, 2.05) is 20.8 Å². The van der Waals surface area contributed by atoms with Gasteiger partial charge in [0.1, 0.15) is 5.76 Å². The zero-order valence-corrected chi connectivity index (χ0v) is 9.76. The number of nitriles is 1. The fraction of sp³-hybridized carbons (Fsp3) is 0.667. The molecule has 0 fully saturated rings. The zero-order chi connectivity index (χ0) is 11.6. The maximum Gasteiger partial charge on any atom is 0.307 e. The molecule has 0 amide bonds. The Bertz CT molecular complexity index is 347. The molecule has 0 aromatic carbocycles. The number of ether oxygens (including phenoxy) is 1. The lowest BCUT2D eigenvalue weighted by Gasteiger charge is -2.36. The van der Waals surface area contributed by atoms with E-state index < -0.39 is 0 Å². The molecule has 1 aliphatic carbocycles. The first-order valence-corrected chi connectivity index (χ1v) is 5.18. The smallest absolute Gasteiger partial charge is 0.307 e. The van der Waals surface area contributed by atoms with Gasteiger partial charge in [0, 0.05) is 18.8 Å². The molecule has 0 radical (unpaired) electrons. The summed E-state index contributed by atoms with van der Waals surface area (Å²) in [6.45, 7) is 7.41. The van der Waals surface area contributed by atoms with Crippen LogP contribution in [0.1, 0.15) is 40.5 Å². The van der Waals surface area contributed by atoms with E-state index in [1.54, 1.807) is 0 Å². The Morgan fingerprint density at radius 1 is 1.60 bits per heavy atom. The number of allylic oxidation sites excluding steroid dienone is 2. The van der Waals surface area contributed by atoms with E-state index >= 15 is 0 Å². The predicted molar refractivity (Wildman–Crippen MR) is 56.6 cm³/mol. The molecule has 15 heavy (non-hydrogen) atoms. The van der Waals surface area contributed by atoms with E-state index in [0.29, 0.717) is 6.42 Å². The van der Waals surface area contributed by atoms with Crippen molar-refractivity contribution in [1.82, 2.24) is 0 Å². The fourth-order valence-electron chi connectivity index (χ4n) is 1.97. The number of carbonyl (C=O) groups excluding carboxylic acids is 1. The van der Waals surface area contributed by atoms with Gasteiger partial charge in [-0.3, -0.25) is 4.79 Å². The molecule has 0 aliphatic heterocycles. The van der Waals surface area contributed by atoms with Crippen LogP contribution in [0.15, 0.2) is 11.3 Å². The van der Waals surface area contributed by atoms with Gasteiger partial charge in [-0.15, -0.1) is 0 Å². The zero-order valence-electron chi connectivity index (χ0n) is 9.76. The highest BCUT2D eigenvalue weighted by molar-refractivity contribution is 5.67. The van der Waals surface area contributed by atoms with Crippen molar-refractivity contribution in [2.45, 2.75) is 40.5 Å². The van der Waals surface area contributed by atoms with Crippen LogP contribution in [-0.2, 0) is 9.53 Å². The molecular weight excluding hydrogens is 190 g/mol. The standard InChI is InChI=1S/C12H17NO2/c1-8-11(15-9(2)14)6-5-10(7-13)12(8,3)4/h10H,5-6H2,1-4H3/t10-/m0/s1. The van der Waals surface area contributed by atoms with Crippen molar-refractivity contribution in [2.24, 2.45) is 11.3 Å². The van der Waals surface area contributed by atoms with Crippen LogP contribution in [0, 0.1) is 22.7 Å². The van der Waals surface area contributed by atoms with Crippen LogP contribution in [-0.4, -0.2) is 5.97 Å². The number of rotatable bonds is 1. The summed E-state index contributed by atoms with van der Waals surface area (Å²) in [5.74, 6) is 0.478. The largest absolute Gasteiger partial charge is 0.431 e. The van der Waals surface area contributed by atoms with Crippen molar-refractivity contribution in [2.75, 3.05) is 0 Å². The molecule has 0 saturated heterocycles. The van der Waals surface area contributed by atoms with Crippen molar-refractivity contribution >= 4 is 5.97 Å². The first-order chi connectivity index (χ1) is 6.89. The van der Waals surface area contributed by atoms with Gasteiger partial charge in [-0.1, -0.05) is 13.8 Å². The van der Waals surface area contributed by atoms with Crippen LogP contribution in [0.4, 0.5) is 0 Å². The molecule has 3 nitrogen and oxygen atoms in total. The summed E-state index contributed by atoms with van der Waals surface area (Å²) in [5, 5.41) is 9.03. The summed E-state index contributed by atoms with van der Waals surface area (Å²) < 4.78 is 5.16. The van der Waals surface area contributed by atoms with Gasteiger partial charge in [0.15, 0.2) is 0 Å². The summed E-state index contributed by atoms with van der Waals surface area (Å²) >= 11 is 0. The Hall–Kier alpha value is -1.30. The maximum atomic E-state index is 10.9. The van der Waals surface area contributed by atoms with E-state index in [9.17, 15) is 4.79 Å². The van der Waals surface area contributed by atoms with Gasteiger partial charge in [-0.05, 0) is 18.9 Å². The van der Waals surface area contributed by atoms with Gasteiger partial charge in [0.05, 0.1) is 12.0 Å². The molecule has 0 heterocycles. The highest BCUT2D eigenvalue weighted by atomic mass is 16.5. The van der Waals surface area contributed by atoms with Crippen LogP contribution >= 0.6 is 0 Å². The highest BCUT2D eigenvalue weighted by Gasteiger charge is 2.37. The Balaban J connectivity index is 3.01. The molecule has 0 bridgehead atoms. The van der Waals surface area contributed by atoms with Crippen LogP contribution in [0.3, 0.4) is 0 Å². The molecule has 1 rings (SSSR count). The average molecular weight is 207 g/mol. The third-order valence-corrected chi connectivity index (χ3v) is 3.34. The first-order valence-electron chi connectivity index (χ1n) is 5.18. The summed E-state index contributed by atoms with van der Waals surface area (Å²) in [5.41, 5.74) is 0.827. The second-order valence-corrected chi connectivity index (χ2v) is 4.58. The van der Waals surface area contributed by atoms with E-state index in [-0.39, 0.29) is 17.3 Å². The van der Waals surface area contributed by atoms with Crippen molar-refractivity contribution < 1.29 is 9.53 Å². The summed E-state index contributed by atoms with van der Waals surface area (Å²) in [7, 11) is 0. The van der Waals surface area contributed by atoms with Crippen LogP contribution in [0.25, 0.3) is 0 Å². The lowest BCUT2D eigenvalue weighted by molar-refractivity contribution is -0.137. The molecule has 82 valence electrons. The van der Waals surface area contributed by atoms with E-state index in [0.717, 1.165) is 17.8 Å². The number of hydrogen-bond acceptors (Lipinski definition) is 3. The van der Waals surface area contributed by atoms with Crippen LogP contribution < -0.4 is 0 Å². The SMILES string of the molecule is CC(=O)OC1=C(C)C(C)(C)[C@H](C#N)CC1. The number of esters is 1. The lowest BCUT2D eigenvalue weighted by atomic mass is 9.68. The molecule has 1 atom stereocenters. The minimum absolute atomic E-state index is 0.0109. The number of nitrogens with zero attached hydrogens (tertiary/aromatic N) is 1. The summed E-state index contributed by atoms with van der Waals surface area (Å²) in [6, 6.07) is 2.32. The van der Waals surface area contributed by atoms with Crippen molar-refractivity contribution in [1.29, 1.82) is 5.26 Å². The minimum atomic E-state index is -0.282.